The van der Waals surface area contributed by atoms with Crippen LogP contribution in [0.5, 0.6) is 0 Å². The van der Waals surface area contributed by atoms with Gasteiger partial charge in [0.25, 0.3) is 5.91 Å². The third-order valence-corrected chi connectivity index (χ3v) is 3.07. The van der Waals surface area contributed by atoms with Crippen molar-refractivity contribution in [3.8, 4) is 11.8 Å². The standard InChI is InChI=1S/C15H18N2O/c1-11-8-12(4-3-7-16)10-13(9-11)15(18)17(2)14-5-6-14/h8-10,14H,5-7,16H2,1-2H3. The molecule has 0 radical (unpaired) electrons. The van der Waals surface area contributed by atoms with Crippen LogP contribution in [0.4, 0.5) is 0 Å². The quantitative estimate of drug-likeness (QED) is 0.800. The Bertz CT molecular complexity index is 521. The predicted molar refractivity (Wildman–Crippen MR) is 72.2 cm³/mol. The van der Waals surface area contributed by atoms with E-state index >= 15 is 0 Å². The van der Waals surface area contributed by atoms with Gasteiger partial charge in [-0.25, -0.2) is 0 Å². The molecule has 1 aliphatic carbocycles. The third kappa shape index (κ3) is 2.91. The maximum absolute atomic E-state index is 12.3. The highest BCUT2D eigenvalue weighted by molar-refractivity contribution is 5.95. The highest BCUT2D eigenvalue weighted by atomic mass is 16.2. The molecular formula is C15H18N2O. The van der Waals surface area contributed by atoms with Crippen LogP contribution in [-0.2, 0) is 0 Å². The van der Waals surface area contributed by atoms with E-state index in [0.717, 1.165) is 24.0 Å². The van der Waals surface area contributed by atoms with Gasteiger partial charge in [0.05, 0.1) is 6.54 Å². The van der Waals surface area contributed by atoms with Crippen molar-refractivity contribution in [3.05, 3.63) is 34.9 Å². The zero-order valence-electron chi connectivity index (χ0n) is 10.9. The number of rotatable bonds is 2. The molecule has 0 bridgehead atoms. The lowest BCUT2D eigenvalue weighted by Gasteiger charge is -2.16. The Kier molecular flexibility index (Phi) is 3.69. The molecular weight excluding hydrogens is 224 g/mol. The van der Waals surface area contributed by atoms with Crippen LogP contribution in [0, 0.1) is 18.8 Å². The Labute approximate surface area is 108 Å². The van der Waals surface area contributed by atoms with Gasteiger partial charge < -0.3 is 10.6 Å². The number of nitrogens with two attached hydrogens (primary N) is 1. The molecule has 1 amide bonds. The van der Waals surface area contributed by atoms with Gasteiger partial charge in [-0.1, -0.05) is 11.8 Å². The van der Waals surface area contributed by atoms with E-state index in [1.54, 1.807) is 0 Å². The van der Waals surface area contributed by atoms with Crippen molar-refractivity contribution in [3.63, 3.8) is 0 Å². The fraction of sp³-hybridized carbons (Fsp3) is 0.400. The van der Waals surface area contributed by atoms with Gasteiger partial charge in [0, 0.05) is 24.2 Å². The molecule has 0 aromatic heterocycles. The van der Waals surface area contributed by atoms with Gasteiger partial charge in [-0.15, -0.1) is 0 Å². The third-order valence-electron chi connectivity index (χ3n) is 3.07. The summed E-state index contributed by atoms with van der Waals surface area (Å²) in [4.78, 5) is 14.1. The molecule has 1 aromatic carbocycles. The summed E-state index contributed by atoms with van der Waals surface area (Å²) in [5, 5.41) is 0. The summed E-state index contributed by atoms with van der Waals surface area (Å²) in [5.74, 6) is 5.87. The summed E-state index contributed by atoms with van der Waals surface area (Å²) in [5.41, 5.74) is 7.98. The van der Waals surface area contributed by atoms with Crippen molar-refractivity contribution in [2.75, 3.05) is 13.6 Å². The molecule has 1 fully saturated rings. The van der Waals surface area contributed by atoms with Crippen LogP contribution >= 0.6 is 0 Å². The maximum atomic E-state index is 12.3. The number of nitrogens with zero attached hydrogens (tertiary/aromatic N) is 1. The fourth-order valence-electron chi connectivity index (χ4n) is 1.96. The van der Waals surface area contributed by atoms with Crippen LogP contribution in [0.2, 0.25) is 0 Å². The summed E-state index contributed by atoms with van der Waals surface area (Å²) >= 11 is 0. The van der Waals surface area contributed by atoms with Crippen molar-refractivity contribution < 1.29 is 4.79 Å². The molecule has 18 heavy (non-hydrogen) atoms. The van der Waals surface area contributed by atoms with Gasteiger partial charge in [0.2, 0.25) is 0 Å². The molecule has 2 N–H and O–H groups in total. The summed E-state index contributed by atoms with van der Waals surface area (Å²) in [6, 6.07) is 6.15. The summed E-state index contributed by atoms with van der Waals surface area (Å²) < 4.78 is 0. The molecule has 0 atom stereocenters. The van der Waals surface area contributed by atoms with Crippen LogP contribution in [0.15, 0.2) is 18.2 Å². The predicted octanol–water partition coefficient (Wildman–Crippen LogP) is 1.54. The van der Waals surface area contributed by atoms with Crippen LogP contribution < -0.4 is 5.73 Å². The van der Waals surface area contributed by atoms with E-state index in [1.165, 1.54) is 0 Å². The fourth-order valence-corrected chi connectivity index (χ4v) is 1.96. The van der Waals surface area contributed by atoms with Gasteiger partial charge >= 0.3 is 0 Å². The highest BCUT2D eigenvalue weighted by Crippen LogP contribution is 2.27. The average Bonchev–Trinajstić information content (AvgIpc) is 3.18. The molecule has 0 heterocycles. The lowest BCUT2D eigenvalue weighted by atomic mass is 10.1. The molecule has 1 aliphatic rings. The minimum absolute atomic E-state index is 0.0806. The molecule has 0 aliphatic heterocycles. The Morgan fingerprint density at radius 1 is 1.44 bits per heavy atom. The van der Waals surface area contributed by atoms with Crippen molar-refractivity contribution in [1.82, 2.24) is 4.90 Å². The minimum Gasteiger partial charge on any atom is -0.339 e. The van der Waals surface area contributed by atoms with Crippen LogP contribution in [0.1, 0.15) is 34.3 Å². The molecule has 3 nitrogen and oxygen atoms in total. The lowest BCUT2D eigenvalue weighted by Crippen LogP contribution is -2.28. The normalized spacial score (nSPS) is 13.7. The smallest absolute Gasteiger partial charge is 0.253 e. The summed E-state index contributed by atoms with van der Waals surface area (Å²) in [6.07, 6.45) is 2.24. The van der Waals surface area contributed by atoms with E-state index in [4.69, 9.17) is 5.73 Å². The number of benzene rings is 1. The van der Waals surface area contributed by atoms with Gasteiger partial charge in [-0.2, -0.15) is 0 Å². The van der Waals surface area contributed by atoms with Crippen molar-refractivity contribution in [2.24, 2.45) is 5.73 Å². The van der Waals surface area contributed by atoms with Crippen LogP contribution in [0.25, 0.3) is 0 Å². The largest absolute Gasteiger partial charge is 0.339 e. The number of carbonyl (C=O) groups is 1. The number of amides is 1. The zero-order chi connectivity index (χ0) is 13.1. The van der Waals surface area contributed by atoms with E-state index in [9.17, 15) is 4.79 Å². The van der Waals surface area contributed by atoms with E-state index in [1.807, 2.05) is 37.1 Å². The number of hydrogen-bond acceptors (Lipinski definition) is 2. The second kappa shape index (κ2) is 5.24. The Hall–Kier alpha value is -1.79. The molecule has 0 saturated heterocycles. The Balaban J connectivity index is 2.26. The first-order valence-corrected chi connectivity index (χ1v) is 6.19. The zero-order valence-corrected chi connectivity index (χ0v) is 10.9. The highest BCUT2D eigenvalue weighted by Gasteiger charge is 2.30. The second-order valence-corrected chi connectivity index (χ2v) is 4.74. The molecule has 2 rings (SSSR count). The number of carbonyl (C=O) groups excluding carboxylic acids is 1. The van der Waals surface area contributed by atoms with Crippen molar-refractivity contribution in [1.29, 1.82) is 0 Å². The monoisotopic (exact) mass is 242 g/mol. The number of aryl methyl sites for hydroxylation is 1. The van der Waals surface area contributed by atoms with E-state index in [2.05, 4.69) is 11.8 Å². The molecule has 3 heteroatoms. The van der Waals surface area contributed by atoms with E-state index in [0.29, 0.717) is 18.2 Å². The molecule has 1 saturated carbocycles. The SMILES string of the molecule is Cc1cc(C#CCN)cc(C(=O)N(C)C2CC2)c1. The Morgan fingerprint density at radius 2 is 2.17 bits per heavy atom. The van der Waals surface area contributed by atoms with E-state index < -0.39 is 0 Å². The number of hydrogen-bond donors (Lipinski definition) is 1. The molecule has 0 spiro atoms. The molecule has 0 unspecified atom stereocenters. The van der Waals surface area contributed by atoms with Crippen LogP contribution in [0.3, 0.4) is 0 Å². The molecule has 1 aromatic rings. The first-order valence-electron chi connectivity index (χ1n) is 6.19. The van der Waals surface area contributed by atoms with Crippen molar-refractivity contribution >= 4 is 5.91 Å². The molecule has 94 valence electrons. The van der Waals surface area contributed by atoms with Crippen molar-refractivity contribution in [2.45, 2.75) is 25.8 Å². The lowest BCUT2D eigenvalue weighted by molar-refractivity contribution is 0.0785. The summed E-state index contributed by atoms with van der Waals surface area (Å²) in [6.45, 7) is 2.31. The maximum Gasteiger partial charge on any atom is 0.253 e. The van der Waals surface area contributed by atoms with Gasteiger partial charge in [0.15, 0.2) is 0 Å². The summed E-state index contributed by atoms with van der Waals surface area (Å²) in [7, 11) is 1.87. The topological polar surface area (TPSA) is 46.3 Å². The average molecular weight is 242 g/mol. The van der Waals surface area contributed by atoms with Crippen LogP contribution in [-0.4, -0.2) is 30.4 Å². The van der Waals surface area contributed by atoms with Gasteiger partial charge in [0.1, 0.15) is 0 Å². The van der Waals surface area contributed by atoms with Gasteiger partial charge in [-0.3, -0.25) is 4.79 Å². The minimum atomic E-state index is 0.0806. The van der Waals surface area contributed by atoms with E-state index in [-0.39, 0.29) is 5.91 Å². The van der Waals surface area contributed by atoms with Gasteiger partial charge in [-0.05, 0) is 43.5 Å². The first kappa shape index (κ1) is 12.7. The first-order chi connectivity index (χ1) is 8.61. The Morgan fingerprint density at radius 3 is 2.78 bits per heavy atom. The second-order valence-electron chi connectivity index (χ2n) is 4.74.